The lowest BCUT2D eigenvalue weighted by molar-refractivity contribution is 0.0724. The van der Waals surface area contributed by atoms with Crippen molar-refractivity contribution in [3.8, 4) is 0 Å². The molecular formula is C34H44F2N4O4. The molecule has 0 aliphatic carbocycles. The summed E-state index contributed by atoms with van der Waals surface area (Å²) in [6.07, 6.45) is 0.413. The van der Waals surface area contributed by atoms with E-state index in [0.29, 0.717) is 25.2 Å². The summed E-state index contributed by atoms with van der Waals surface area (Å²) in [4.78, 5) is 30.3. The van der Waals surface area contributed by atoms with E-state index in [0.717, 1.165) is 42.2 Å². The minimum absolute atomic E-state index is 0.0224. The van der Waals surface area contributed by atoms with Crippen LogP contribution in [0, 0.1) is 18.6 Å². The monoisotopic (exact) mass is 610 g/mol. The van der Waals surface area contributed by atoms with Gasteiger partial charge in [0.2, 0.25) is 0 Å². The van der Waals surface area contributed by atoms with Crippen molar-refractivity contribution >= 4 is 11.8 Å². The van der Waals surface area contributed by atoms with Crippen molar-refractivity contribution in [2.45, 2.75) is 58.7 Å². The first-order valence-corrected chi connectivity index (χ1v) is 15.1. The average molecular weight is 611 g/mol. The van der Waals surface area contributed by atoms with Gasteiger partial charge in [0.05, 0.1) is 25.5 Å². The van der Waals surface area contributed by atoms with E-state index in [9.17, 15) is 28.6 Å². The van der Waals surface area contributed by atoms with Crippen LogP contribution in [-0.2, 0) is 13.0 Å². The summed E-state index contributed by atoms with van der Waals surface area (Å²) < 4.78 is 28.0. The fourth-order valence-corrected chi connectivity index (χ4v) is 5.10. The molecule has 3 aromatic rings. The summed E-state index contributed by atoms with van der Waals surface area (Å²) in [7, 11) is 0. The zero-order chi connectivity index (χ0) is 32.1. The molecule has 2 amide bonds. The molecule has 0 aromatic heterocycles. The van der Waals surface area contributed by atoms with Crippen LogP contribution in [0.25, 0.3) is 0 Å². The molecule has 0 aliphatic heterocycles. The topological polar surface area (TPSA) is 105 Å². The normalized spacial score (nSPS) is 12.6. The second-order valence-electron chi connectivity index (χ2n) is 11.1. The van der Waals surface area contributed by atoms with Crippen molar-refractivity contribution in [3.63, 3.8) is 0 Å². The van der Waals surface area contributed by atoms with Crippen LogP contribution in [0.1, 0.15) is 64.1 Å². The molecule has 0 fully saturated rings. The molecule has 0 bridgehead atoms. The quantitative estimate of drug-likeness (QED) is 0.171. The van der Waals surface area contributed by atoms with Crippen LogP contribution < -0.4 is 10.6 Å². The van der Waals surface area contributed by atoms with Crippen LogP contribution in [-0.4, -0.2) is 77.0 Å². The van der Waals surface area contributed by atoms with E-state index in [1.807, 2.05) is 44.2 Å². The molecule has 0 saturated carbocycles. The van der Waals surface area contributed by atoms with E-state index >= 15 is 0 Å². The summed E-state index contributed by atoms with van der Waals surface area (Å²) in [6.45, 7) is 7.53. The van der Waals surface area contributed by atoms with Crippen molar-refractivity contribution in [2.24, 2.45) is 0 Å². The van der Waals surface area contributed by atoms with Crippen molar-refractivity contribution in [1.82, 2.24) is 20.4 Å². The molecule has 3 rings (SSSR count). The molecule has 0 spiro atoms. The second-order valence-corrected chi connectivity index (χ2v) is 11.1. The third kappa shape index (κ3) is 10.8. The molecule has 10 heteroatoms. The largest absolute Gasteiger partial charge is 0.390 e. The summed E-state index contributed by atoms with van der Waals surface area (Å²) in [6, 6.07) is 16.7. The molecule has 8 nitrogen and oxygen atoms in total. The number of nitrogens with zero attached hydrogens (tertiary/aromatic N) is 2. The predicted molar refractivity (Wildman–Crippen MR) is 167 cm³/mol. The number of carbonyl (C=O) groups excluding carboxylic acids is 2. The van der Waals surface area contributed by atoms with Crippen molar-refractivity contribution < 1.29 is 28.6 Å². The van der Waals surface area contributed by atoms with Gasteiger partial charge < -0.3 is 25.7 Å². The Balaban J connectivity index is 1.77. The molecule has 2 atom stereocenters. The number of hydrogen-bond donors (Lipinski definition) is 4. The minimum atomic E-state index is -1.15. The van der Waals surface area contributed by atoms with Gasteiger partial charge in [0, 0.05) is 43.4 Å². The molecular weight excluding hydrogens is 566 g/mol. The molecule has 0 unspecified atom stereocenters. The number of aryl methyl sites for hydroxylation is 1. The van der Waals surface area contributed by atoms with Crippen LogP contribution in [0.2, 0.25) is 0 Å². The van der Waals surface area contributed by atoms with Crippen molar-refractivity contribution in [2.75, 3.05) is 33.0 Å². The van der Waals surface area contributed by atoms with Gasteiger partial charge in [-0.3, -0.25) is 14.5 Å². The zero-order valence-electron chi connectivity index (χ0n) is 25.7. The highest BCUT2D eigenvalue weighted by Gasteiger charge is 2.24. The SMILES string of the molecule is CCCN(CCC)C(=O)c1cc(C)cc(C(=O)N[C@@H](Cc2cc(F)cc(F)c2)[C@H](O)CNCN(CO)Cc2ccccc2)c1. The maximum atomic E-state index is 14.0. The van der Waals surface area contributed by atoms with Crippen LogP contribution in [0.4, 0.5) is 8.78 Å². The highest BCUT2D eigenvalue weighted by molar-refractivity contribution is 6.00. The Morgan fingerprint density at radius 2 is 1.52 bits per heavy atom. The smallest absolute Gasteiger partial charge is 0.253 e. The Morgan fingerprint density at radius 3 is 2.14 bits per heavy atom. The molecule has 0 saturated heterocycles. The van der Waals surface area contributed by atoms with Crippen molar-refractivity contribution in [1.29, 1.82) is 0 Å². The number of amides is 2. The highest BCUT2D eigenvalue weighted by atomic mass is 19.1. The molecule has 3 aromatic carbocycles. The summed E-state index contributed by atoms with van der Waals surface area (Å²) in [5, 5.41) is 26.9. The maximum Gasteiger partial charge on any atom is 0.253 e. The fourth-order valence-electron chi connectivity index (χ4n) is 5.10. The van der Waals surface area contributed by atoms with E-state index in [1.54, 1.807) is 28.9 Å². The van der Waals surface area contributed by atoms with E-state index in [2.05, 4.69) is 10.6 Å². The standard InChI is InChI=1S/C34H44F2N4O4/c1-4-11-40(12-5-2)34(44)28-14-24(3)13-27(18-28)33(43)38-31(17-26-15-29(35)19-30(36)16-26)32(42)20-37-22-39(23-41)21-25-9-7-6-8-10-25/h6-10,13-16,18-19,31-32,37,41-42H,4-5,11-12,17,20-23H2,1-3H3,(H,38,43)/t31-,32+/m0/s1. The number of nitrogens with one attached hydrogen (secondary N) is 2. The van der Waals surface area contributed by atoms with Gasteiger partial charge in [-0.05, 0) is 73.2 Å². The number of benzene rings is 3. The summed E-state index contributed by atoms with van der Waals surface area (Å²) in [5.74, 6) is -2.21. The Kier molecular flexibility index (Phi) is 13.9. The van der Waals surface area contributed by atoms with Crippen molar-refractivity contribution in [3.05, 3.63) is 106 Å². The Bertz CT molecular complexity index is 1330. The van der Waals surface area contributed by atoms with Gasteiger partial charge in [0.15, 0.2) is 0 Å². The minimum Gasteiger partial charge on any atom is -0.390 e. The van der Waals surface area contributed by atoms with Gasteiger partial charge in [-0.15, -0.1) is 0 Å². The summed E-state index contributed by atoms with van der Waals surface area (Å²) >= 11 is 0. The van der Waals surface area contributed by atoms with Gasteiger partial charge in [-0.25, -0.2) is 8.78 Å². The third-order valence-electron chi connectivity index (χ3n) is 7.16. The predicted octanol–water partition coefficient (Wildman–Crippen LogP) is 4.24. The number of aliphatic hydroxyl groups excluding tert-OH is 2. The number of aliphatic hydroxyl groups is 2. The van der Waals surface area contributed by atoms with Crippen LogP contribution >= 0.6 is 0 Å². The summed E-state index contributed by atoms with van der Waals surface area (Å²) in [5.41, 5.74) is 2.63. The zero-order valence-corrected chi connectivity index (χ0v) is 25.7. The second kappa shape index (κ2) is 17.6. The van der Waals surface area contributed by atoms with E-state index < -0.39 is 29.7 Å². The first-order valence-electron chi connectivity index (χ1n) is 15.1. The van der Waals surface area contributed by atoms with Gasteiger partial charge in [0.25, 0.3) is 11.8 Å². The molecule has 4 N–H and O–H groups in total. The first kappa shape index (κ1) is 34.8. The maximum absolute atomic E-state index is 14.0. The lowest BCUT2D eigenvalue weighted by Crippen LogP contribution is -2.50. The van der Waals surface area contributed by atoms with Gasteiger partial charge in [0.1, 0.15) is 11.6 Å². The van der Waals surface area contributed by atoms with Gasteiger partial charge >= 0.3 is 0 Å². The van der Waals surface area contributed by atoms with E-state index in [-0.39, 0.29) is 43.4 Å². The number of rotatable bonds is 17. The fraction of sp³-hybridized carbons (Fsp3) is 0.412. The lowest BCUT2D eigenvalue weighted by atomic mass is 9.99. The number of halogens is 2. The molecule has 0 radical (unpaired) electrons. The van der Waals surface area contributed by atoms with E-state index in [4.69, 9.17) is 0 Å². The van der Waals surface area contributed by atoms with Crippen LogP contribution in [0.5, 0.6) is 0 Å². The Morgan fingerprint density at radius 1 is 0.886 bits per heavy atom. The molecule has 44 heavy (non-hydrogen) atoms. The molecule has 0 aliphatic rings. The van der Waals surface area contributed by atoms with Crippen LogP contribution in [0.15, 0.2) is 66.7 Å². The van der Waals surface area contributed by atoms with Gasteiger partial charge in [-0.1, -0.05) is 44.2 Å². The lowest BCUT2D eigenvalue weighted by Gasteiger charge is -2.27. The molecule has 238 valence electrons. The van der Waals surface area contributed by atoms with E-state index in [1.165, 1.54) is 6.07 Å². The Hall–Kier alpha value is -3.70. The number of hydrogen-bond acceptors (Lipinski definition) is 6. The van der Waals surface area contributed by atoms with Crippen LogP contribution in [0.3, 0.4) is 0 Å². The van der Waals surface area contributed by atoms with Gasteiger partial charge in [-0.2, -0.15) is 0 Å². The third-order valence-corrected chi connectivity index (χ3v) is 7.16. The number of carbonyl (C=O) groups is 2. The Labute approximate surface area is 258 Å². The first-order chi connectivity index (χ1) is 21.1. The highest BCUT2D eigenvalue weighted by Crippen LogP contribution is 2.16. The molecule has 0 heterocycles. The average Bonchev–Trinajstić information content (AvgIpc) is 2.99.